The van der Waals surface area contributed by atoms with Crippen LogP contribution in [0.25, 0.3) is 33.4 Å². The fourth-order valence-electron chi connectivity index (χ4n) is 2.81. The summed E-state index contributed by atoms with van der Waals surface area (Å²) in [4.78, 5) is 12.8. The Bertz CT molecular complexity index is 1170. The molecule has 0 aliphatic rings. The third-order valence-corrected chi connectivity index (χ3v) is 4.01. The average molecular weight is 341 g/mol. The number of hydrogen-bond donors (Lipinski definition) is 1. The van der Waals surface area contributed by atoms with Crippen LogP contribution in [0.2, 0.25) is 0 Å². The molecule has 0 unspecified atom stereocenters. The number of nitrogens with zero attached hydrogens (tertiary/aromatic N) is 4. The first kappa shape index (κ1) is 15.7. The standard InChI is InChI=1S/C20H12FN5/c21-15-10-14(9-13-7-4-8-24-17(13)15)19-18(12-5-2-1-3-6-12)26-20(23)16(11-22)25-19/h1-10H,(H2,23,26). The second-order valence-electron chi connectivity index (χ2n) is 5.67. The summed E-state index contributed by atoms with van der Waals surface area (Å²) in [6.07, 6.45) is 1.54. The van der Waals surface area contributed by atoms with E-state index in [1.807, 2.05) is 36.4 Å². The van der Waals surface area contributed by atoms with Gasteiger partial charge >= 0.3 is 0 Å². The molecule has 0 saturated carbocycles. The molecule has 2 aromatic heterocycles. The van der Waals surface area contributed by atoms with Crippen molar-refractivity contribution in [2.75, 3.05) is 5.73 Å². The lowest BCUT2D eigenvalue weighted by Gasteiger charge is -2.11. The van der Waals surface area contributed by atoms with E-state index in [0.717, 1.165) is 5.56 Å². The van der Waals surface area contributed by atoms with Crippen LogP contribution >= 0.6 is 0 Å². The summed E-state index contributed by atoms with van der Waals surface area (Å²) in [6, 6.07) is 17.9. The van der Waals surface area contributed by atoms with Crippen LogP contribution < -0.4 is 5.73 Å². The van der Waals surface area contributed by atoms with E-state index in [9.17, 15) is 9.65 Å². The van der Waals surface area contributed by atoms with Crippen LogP contribution in [-0.2, 0) is 0 Å². The molecule has 0 aliphatic carbocycles. The third-order valence-electron chi connectivity index (χ3n) is 4.01. The highest BCUT2D eigenvalue weighted by molar-refractivity contribution is 5.88. The zero-order valence-electron chi connectivity index (χ0n) is 13.5. The van der Waals surface area contributed by atoms with Gasteiger partial charge in [-0.1, -0.05) is 36.4 Å². The van der Waals surface area contributed by atoms with Gasteiger partial charge in [-0.3, -0.25) is 4.98 Å². The van der Waals surface area contributed by atoms with Gasteiger partial charge < -0.3 is 5.73 Å². The minimum Gasteiger partial charge on any atom is -0.381 e. The van der Waals surface area contributed by atoms with E-state index in [-0.39, 0.29) is 17.0 Å². The number of nitrogens with two attached hydrogens (primary N) is 1. The van der Waals surface area contributed by atoms with Crippen molar-refractivity contribution in [3.63, 3.8) is 0 Å². The van der Waals surface area contributed by atoms with Crippen molar-refractivity contribution in [2.45, 2.75) is 0 Å². The van der Waals surface area contributed by atoms with Crippen LogP contribution in [0.1, 0.15) is 5.69 Å². The normalized spacial score (nSPS) is 10.6. The first-order valence-corrected chi connectivity index (χ1v) is 7.85. The Hall–Kier alpha value is -3.85. The average Bonchev–Trinajstić information content (AvgIpc) is 2.68. The minimum absolute atomic E-state index is 0.00590. The zero-order valence-corrected chi connectivity index (χ0v) is 13.5. The van der Waals surface area contributed by atoms with Crippen molar-refractivity contribution in [3.05, 3.63) is 72.3 Å². The van der Waals surface area contributed by atoms with Gasteiger partial charge in [-0.15, -0.1) is 0 Å². The molecule has 2 heterocycles. The molecule has 4 rings (SSSR count). The van der Waals surface area contributed by atoms with Crippen molar-refractivity contribution in [1.82, 2.24) is 15.0 Å². The molecule has 0 fully saturated rings. The number of pyridine rings is 1. The van der Waals surface area contributed by atoms with Crippen molar-refractivity contribution in [3.8, 4) is 28.6 Å². The molecule has 0 bridgehead atoms. The predicted octanol–water partition coefficient (Wildman–Crippen LogP) is 3.95. The maximum absolute atomic E-state index is 14.5. The Labute approximate surface area is 148 Å². The molecule has 0 radical (unpaired) electrons. The van der Waals surface area contributed by atoms with Gasteiger partial charge in [0.15, 0.2) is 11.5 Å². The Kier molecular flexibility index (Phi) is 3.75. The molecular formula is C20H12FN5. The van der Waals surface area contributed by atoms with Gasteiger partial charge in [-0.05, 0) is 18.2 Å². The molecule has 0 spiro atoms. The molecule has 6 heteroatoms. The molecule has 26 heavy (non-hydrogen) atoms. The number of hydrogen-bond acceptors (Lipinski definition) is 5. The Morgan fingerprint density at radius 1 is 0.923 bits per heavy atom. The highest BCUT2D eigenvalue weighted by Crippen LogP contribution is 2.32. The van der Waals surface area contributed by atoms with Gasteiger partial charge in [0.05, 0.1) is 11.4 Å². The summed E-state index contributed by atoms with van der Waals surface area (Å²) in [5.41, 5.74) is 8.31. The minimum atomic E-state index is -0.464. The van der Waals surface area contributed by atoms with Gasteiger partial charge in [-0.2, -0.15) is 5.26 Å². The number of halogens is 1. The monoisotopic (exact) mass is 341 g/mol. The quantitative estimate of drug-likeness (QED) is 0.596. The van der Waals surface area contributed by atoms with Crippen LogP contribution in [0.3, 0.4) is 0 Å². The third kappa shape index (κ3) is 2.62. The van der Waals surface area contributed by atoms with E-state index in [2.05, 4.69) is 15.0 Å². The number of rotatable bonds is 2. The number of nitriles is 1. The SMILES string of the molecule is N#Cc1nc(-c2cc(F)c3ncccc3c2)c(-c2ccccc2)nc1N. The van der Waals surface area contributed by atoms with Gasteiger partial charge in [0, 0.05) is 22.7 Å². The lowest BCUT2D eigenvalue weighted by atomic mass is 10.0. The molecule has 0 aliphatic heterocycles. The molecule has 0 amide bonds. The van der Waals surface area contributed by atoms with Crippen molar-refractivity contribution >= 4 is 16.7 Å². The van der Waals surface area contributed by atoms with E-state index in [0.29, 0.717) is 22.3 Å². The molecule has 0 saturated heterocycles. The van der Waals surface area contributed by atoms with Crippen molar-refractivity contribution < 1.29 is 4.39 Å². The molecule has 2 aromatic carbocycles. The summed E-state index contributed by atoms with van der Waals surface area (Å²) < 4.78 is 14.5. The van der Waals surface area contributed by atoms with Gasteiger partial charge in [-0.25, -0.2) is 14.4 Å². The van der Waals surface area contributed by atoms with Gasteiger partial charge in [0.1, 0.15) is 17.4 Å². The number of anilines is 1. The van der Waals surface area contributed by atoms with Crippen LogP contribution in [0.5, 0.6) is 0 Å². The van der Waals surface area contributed by atoms with E-state index in [1.54, 1.807) is 18.2 Å². The Morgan fingerprint density at radius 3 is 2.46 bits per heavy atom. The maximum atomic E-state index is 14.5. The van der Waals surface area contributed by atoms with Gasteiger partial charge in [0.25, 0.3) is 0 Å². The topological polar surface area (TPSA) is 88.5 Å². The fraction of sp³-hybridized carbons (Fsp3) is 0. The molecule has 2 N–H and O–H groups in total. The molecule has 124 valence electrons. The molecule has 4 aromatic rings. The van der Waals surface area contributed by atoms with E-state index >= 15 is 0 Å². The first-order chi connectivity index (χ1) is 12.7. The zero-order chi connectivity index (χ0) is 18.1. The summed E-state index contributed by atoms with van der Waals surface area (Å²) in [5.74, 6) is -0.424. The van der Waals surface area contributed by atoms with Gasteiger partial charge in [0.2, 0.25) is 0 Å². The fourth-order valence-corrected chi connectivity index (χ4v) is 2.81. The number of fused-ring (bicyclic) bond motifs is 1. The lowest BCUT2D eigenvalue weighted by Crippen LogP contribution is -2.03. The largest absolute Gasteiger partial charge is 0.381 e. The van der Waals surface area contributed by atoms with E-state index in [4.69, 9.17) is 5.73 Å². The number of benzene rings is 2. The maximum Gasteiger partial charge on any atom is 0.183 e. The smallest absolute Gasteiger partial charge is 0.183 e. The highest BCUT2D eigenvalue weighted by Gasteiger charge is 2.17. The molecular weight excluding hydrogens is 329 g/mol. The second kappa shape index (κ2) is 6.22. The predicted molar refractivity (Wildman–Crippen MR) is 97.3 cm³/mol. The summed E-state index contributed by atoms with van der Waals surface area (Å²) in [7, 11) is 0. The van der Waals surface area contributed by atoms with Crippen molar-refractivity contribution in [2.24, 2.45) is 0 Å². The number of nitrogen functional groups attached to an aromatic ring is 1. The van der Waals surface area contributed by atoms with Crippen LogP contribution in [-0.4, -0.2) is 15.0 Å². The summed E-state index contributed by atoms with van der Waals surface area (Å²) in [5, 5.41) is 9.90. The lowest BCUT2D eigenvalue weighted by molar-refractivity contribution is 0.637. The number of aromatic nitrogens is 3. The Balaban J connectivity index is 2.03. The van der Waals surface area contributed by atoms with Crippen LogP contribution in [0, 0.1) is 17.1 Å². The van der Waals surface area contributed by atoms with E-state index in [1.165, 1.54) is 12.3 Å². The van der Waals surface area contributed by atoms with E-state index < -0.39 is 5.82 Å². The summed E-state index contributed by atoms with van der Waals surface area (Å²) >= 11 is 0. The first-order valence-electron chi connectivity index (χ1n) is 7.85. The molecule has 5 nitrogen and oxygen atoms in total. The summed E-state index contributed by atoms with van der Waals surface area (Å²) in [6.45, 7) is 0. The second-order valence-corrected chi connectivity index (χ2v) is 5.67. The Morgan fingerprint density at radius 2 is 1.69 bits per heavy atom. The van der Waals surface area contributed by atoms with Crippen LogP contribution in [0.15, 0.2) is 60.8 Å². The van der Waals surface area contributed by atoms with Crippen LogP contribution in [0.4, 0.5) is 10.2 Å². The van der Waals surface area contributed by atoms with Crippen molar-refractivity contribution in [1.29, 1.82) is 5.26 Å². The highest BCUT2D eigenvalue weighted by atomic mass is 19.1. The molecule has 0 atom stereocenters.